The van der Waals surface area contributed by atoms with Gasteiger partial charge in [0.25, 0.3) is 0 Å². The molecule has 0 aliphatic carbocycles. The lowest BCUT2D eigenvalue weighted by Crippen LogP contribution is -2.47. The van der Waals surface area contributed by atoms with E-state index in [4.69, 9.17) is 14.6 Å². The van der Waals surface area contributed by atoms with Gasteiger partial charge in [-0.05, 0) is 24.1 Å². The summed E-state index contributed by atoms with van der Waals surface area (Å²) in [6.07, 6.45) is 3.02. The van der Waals surface area contributed by atoms with Gasteiger partial charge in [0.1, 0.15) is 12.4 Å². The van der Waals surface area contributed by atoms with Crippen LogP contribution in [-0.2, 0) is 17.9 Å². The number of aromatic nitrogens is 3. The van der Waals surface area contributed by atoms with Gasteiger partial charge in [-0.15, -0.1) is 5.10 Å². The summed E-state index contributed by atoms with van der Waals surface area (Å²) in [6.45, 7) is 3.74. The molecule has 1 aromatic carbocycles. The van der Waals surface area contributed by atoms with E-state index in [-0.39, 0.29) is 18.8 Å². The van der Waals surface area contributed by atoms with Crippen molar-refractivity contribution in [3.63, 3.8) is 0 Å². The summed E-state index contributed by atoms with van der Waals surface area (Å²) in [5.41, 5.74) is 2.26. The Morgan fingerprint density at radius 1 is 1.38 bits per heavy atom. The number of aliphatic hydroxyl groups is 1. The van der Waals surface area contributed by atoms with Gasteiger partial charge in [0, 0.05) is 19.6 Å². The normalized spacial score (nSPS) is 23.5. The molecule has 0 saturated carbocycles. The predicted octanol–water partition coefficient (Wildman–Crippen LogP) is 0.995. The van der Waals surface area contributed by atoms with E-state index >= 15 is 0 Å². The van der Waals surface area contributed by atoms with Crippen LogP contribution in [-0.4, -0.2) is 57.4 Å². The van der Waals surface area contributed by atoms with Gasteiger partial charge in [0.15, 0.2) is 0 Å². The fourth-order valence-electron chi connectivity index (χ4n) is 3.54. The highest BCUT2D eigenvalue weighted by Crippen LogP contribution is 2.30. The fourth-order valence-corrected chi connectivity index (χ4v) is 3.54. The van der Waals surface area contributed by atoms with Crippen molar-refractivity contribution in [1.82, 2.24) is 19.9 Å². The molecule has 0 bridgehead atoms. The minimum Gasteiger partial charge on any atom is -0.491 e. The molecule has 0 spiro atoms. The second-order valence-electron chi connectivity index (χ2n) is 6.33. The summed E-state index contributed by atoms with van der Waals surface area (Å²) >= 11 is 0. The van der Waals surface area contributed by atoms with Gasteiger partial charge in [0.2, 0.25) is 0 Å². The second kappa shape index (κ2) is 6.88. The van der Waals surface area contributed by atoms with E-state index in [2.05, 4.69) is 21.3 Å². The highest BCUT2D eigenvalue weighted by molar-refractivity contribution is 5.28. The van der Waals surface area contributed by atoms with Gasteiger partial charge >= 0.3 is 0 Å². The standard InChI is InChI=1S/C17H22N4O3/c22-6-7-23-15-3-1-2-13(8-15)10-20-5-4-17-16(11-20)21-14(12-24-17)9-18-19-21/h1-3,8-9,16-17,22H,4-7,10-12H2/t16-,17+/m1/s1. The van der Waals surface area contributed by atoms with E-state index in [0.717, 1.165) is 37.5 Å². The van der Waals surface area contributed by atoms with Gasteiger partial charge in [-0.1, -0.05) is 17.3 Å². The van der Waals surface area contributed by atoms with E-state index in [1.54, 1.807) is 6.20 Å². The molecule has 1 fully saturated rings. The molecule has 1 aromatic heterocycles. The Morgan fingerprint density at radius 2 is 2.33 bits per heavy atom. The summed E-state index contributed by atoms with van der Waals surface area (Å²) < 4.78 is 13.5. The summed E-state index contributed by atoms with van der Waals surface area (Å²) in [5.74, 6) is 0.802. The van der Waals surface area contributed by atoms with Gasteiger partial charge in [-0.3, -0.25) is 4.90 Å². The lowest BCUT2D eigenvalue weighted by atomic mass is 10.00. The first-order valence-electron chi connectivity index (χ1n) is 8.39. The minimum atomic E-state index is 0.0274. The maximum absolute atomic E-state index is 8.87. The quantitative estimate of drug-likeness (QED) is 0.882. The zero-order valence-electron chi connectivity index (χ0n) is 13.5. The number of nitrogens with zero attached hydrogens (tertiary/aromatic N) is 4. The van der Waals surface area contributed by atoms with Gasteiger partial charge in [0.05, 0.1) is 37.3 Å². The topological polar surface area (TPSA) is 72.6 Å². The monoisotopic (exact) mass is 330 g/mol. The highest BCUT2D eigenvalue weighted by atomic mass is 16.5. The molecule has 2 aliphatic rings. The third-order valence-electron chi connectivity index (χ3n) is 4.68. The van der Waals surface area contributed by atoms with Crippen LogP contribution in [0, 0.1) is 0 Å². The molecular weight excluding hydrogens is 308 g/mol. The van der Waals surface area contributed by atoms with Gasteiger partial charge in [-0.25, -0.2) is 4.68 Å². The van der Waals surface area contributed by atoms with Crippen LogP contribution < -0.4 is 4.74 Å². The SMILES string of the molecule is OCCOc1cccc(CN2CC[C@@H]3OCc4cnnn4[C@@H]3C2)c1. The molecule has 0 unspecified atom stereocenters. The maximum Gasteiger partial charge on any atom is 0.119 e. The molecule has 0 radical (unpaired) electrons. The summed E-state index contributed by atoms with van der Waals surface area (Å²) in [6, 6.07) is 8.30. The second-order valence-corrected chi connectivity index (χ2v) is 6.33. The number of fused-ring (bicyclic) bond motifs is 3. The van der Waals surface area contributed by atoms with Crippen molar-refractivity contribution in [2.24, 2.45) is 0 Å². The van der Waals surface area contributed by atoms with Crippen LogP contribution in [0.4, 0.5) is 0 Å². The van der Waals surface area contributed by atoms with E-state index in [0.29, 0.717) is 13.2 Å². The number of likely N-dealkylation sites (tertiary alicyclic amines) is 1. The van der Waals surface area contributed by atoms with Gasteiger partial charge in [-0.2, -0.15) is 0 Å². The Labute approximate surface area is 140 Å². The molecule has 1 saturated heterocycles. The molecule has 7 heteroatoms. The number of rotatable bonds is 5. The van der Waals surface area contributed by atoms with Crippen LogP contribution in [0.15, 0.2) is 30.5 Å². The highest BCUT2D eigenvalue weighted by Gasteiger charge is 2.36. The van der Waals surface area contributed by atoms with Crippen LogP contribution >= 0.6 is 0 Å². The van der Waals surface area contributed by atoms with Crippen molar-refractivity contribution in [2.75, 3.05) is 26.3 Å². The molecule has 2 atom stereocenters. The molecule has 1 N–H and O–H groups in total. The molecule has 7 nitrogen and oxygen atoms in total. The number of benzene rings is 1. The lowest BCUT2D eigenvalue weighted by molar-refractivity contribution is -0.0669. The van der Waals surface area contributed by atoms with Crippen molar-refractivity contribution in [3.05, 3.63) is 41.7 Å². The molecule has 128 valence electrons. The summed E-state index contributed by atoms with van der Waals surface area (Å²) in [7, 11) is 0. The Kier molecular flexibility index (Phi) is 4.46. The number of hydrogen-bond acceptors (Lipinski definition) is 6. The van der Waals surface area contributed by atoms with Gasteiger partial charge < -0.3 is 14.6 Å². The van der Waals surface area contributed by atoms with E-state index < -0.39 is 0 Å². The predicted molar refractivity (Wildman–Crippen MR) is 86.6 cm³/mol. The molecular formula is C17H22N4O3. The van der Waals surface area contributed by atoms with E-state index in [1.807, 2.05) is 22.9 Å². The number of piperidine rings is 1. The smallest absolute Gasteiger partial charge is 0.119 e. The molecule has 2 aliphatic heterocycles. The molecule has 24 heavy (non-hydrogen) atoms. The number of aliphatic hydroxyl groups excluding tert-OH is 1. The zero-order valence-corrected chi connectivity index (χ0v) is 13.5. The van der Waals surface area contributed by atoms with Crippen LogP contribution in [0.3, 0.4) is 0 Å². The first kappa shape index (κ1) is 15.6. The van der Waals surface area contributed by atoms with Crippen LogP contribution in [0.1, 0.15) is 23.7 Å². The average molecular weight is 330 g/mol. The van der Waals surface area contributed by atoms with Crippen molar-refractivity contribution < 1.29 is 14.6 Å². The third kappa shape index (κ3) is 3.15. The molecule has 0 amide bonds. The fraction of sp³-hybridized carbons (Fsp3) is 0.529. The molecule has 3 heterocycles. The minimum absolute atomic E-state index is 0.0274. The first-order valence-corrected chi connectivity index (χ1v) is 8.39. The van der Waals surface area contributed by atoms with Crippen molar-refractivity contribution >= 4 is 0 Å². The largest absolute Gasteiger partial charge is 0.491 e. The Bertz CT molecular complexity index is 690. The number of hydrogen-bond donors (Lipinski definition) is 1. The maximum atomic E-state index is 8.87. The van der Waals surface area contributed by atoms with Crippen LogP contribution in [0.5, 0.6) is 5.75 Å². The van der Waals surface area contributed by atoms with Crippen LogP contribution in [0.2, 0.25) is 0 Å². The Hall–Kier alpha value is -1.96. The average Bonchev–Trinajstić information content (AvgIpc) is 3.09. The Morgan fingerprint density at radius 3 is 3.25 bits per heavy atom. The van der Waals surface area contributed by atoms with Crippen molar-refractivity contribution in [1.29, 1.82) is 0 Å². The summed E-state index contributed by atoms with van der Waals surface area (Å²) in [4.78, 5) is 2.42. The molecule has 2 aromatic rings. The lowest BCUT2D eigenvalue weighted by Gasteiger charge is -2.41. The molecule has 4 rings (SSSR count). The van der Waals surface area contributed by atoms with Crippen molar-refractivity contribution in [2.45, 2.75) is 31.7 Å². The summed E-state index contributed by atoms with van der Waals surface area (Å²) in [5, 5.41) is 17.1. The zero-order chi connectivity index (χ0) is 16.4. The first-order chi connectivity index (χ1) is 11.8. The van der Waals surface area contributed by atoms with E-state index in [9.17, 15) is 0 Å². The van der Waals surface area contributed by atoms with Crippen molar-refractivity contribution in [3.8, 4) is 5.75 Å². The van der Waals surface area contributed by atoms with Crippen LogP contribution in [0.25, 0.3) is 0 Å². The number of ether oxygens (including phenoxy) is 2. The Balaban J connectivity index is 1.43. The third-order valence-corrected chi connectivity index (χ3v) is 4.68. The van der Waals surface area contributed by atoms with E-state index in [1.165, 1.54) is 5.56 Å².